The second-order valence-electron chi connectivity index (χ2n) is 17.6. The Labute approximate surface area is 370 Å². The summed E-state index contributed by atoms with van der Waals surface area (Å²) in [7, 11) is 0. The minimum Gasteiger partial charge on any atom is -0.310 e. The largest absolute Gasteiger partial charge is 0.310 e. The SMILES string of the molecule is CC1(C)c2ccccc2C2(c3ccccc3-c3ccc(-c4ccc(N(c5ccc(-c6ccccc6)cc5)c5ccc(-c6ccccc6)cc5)c5ccccc45)cc32)c2ccccc21. The van der Waals surface area contributed by atoms with E-state index in [9.17, 15) is 0 Å². The molecule has 10 aromatic rings. The summed E-state index contributed by atoms with van der Waals surface area (Å²) in [6.45, 7) is 4.78. The van der Waals surface area contributed by atoms with Gasteiger partial charge in [0.15, 0.2) is 0 Å². The first-order valence-corrected chi connectivity index (χ1v) is 22.1. The lowest BCUT2D eigenvalue weighted by molar-refractivity contribution is 0.563. The molecule has 0 radical (unpaired) electrons. The van der Waals surface area contributed by atoms with E-state index in [4.69, 9.17) is 0 Å². The van der Waals surface area contributed by atoms with Crippen LogP contribution in [0.5, 0.6) is 0 Å². The number of anilines is 3. The summed E-state index contributed by atoms with van der Waals surface area (Å²) >= 11 is 0. The molecule has 0 fully saturated rings. The summed E-state index contributed by atoms with van der Waals surface area (Å²) in [5.74, 6) is 0. The quantitative estimate of drug-likeness (QED) is 0.162. The van der Waals surface area contributed by atoms with Crippen LogP contribution < -0.4 is 4.90 Å². The van der Waals surface area contributed by atoms with E-state index in [1.165, 1.54) is 88.7 Å². The van der Waals surface area contributed by atoms with Crippen molar-refractivity contribution in [3.8, 4) is 44.5 Å². The van der Waals surface area contributed by atoms with E-state index in [0.29, 0.717) is 0 Å². The molecular weight excluding hydrogens is 759 g/mol. The Morgan fingerprint density at radius 3 is 1.27 bits per heavy atom. The average molecular weight is 804 g/mol. The molecule has 0 heterocycles. The maximum Gasteiger partial charge on any atom is 0.0719 e. The van der Waals surface area contributed by atoms with Crippen LogP contribution in [0, 0.1) is 0 Å². The third-order valence-electron chi connectivity index (χ3n) is 14.0. The standard InChI is InChI=1S/C62H45N/c1-61(2)55-25-13-15-27-57(55)62(58-28-16-14-26-56(58)61)54-24-12-11-22-51(54)52-38-33-46(41-59(52)62)49-39-40-60(53-23-10-9-21-50(49)53)63(47-34-29-44(30-35-47)42-17-5-3-6-18-42)48-36-31-45(32-37-48)43-19-7-4-8-20-43/h3-41H,1-2H3. The first-order valence-electron chi connectivity index (χ1n) is 22.1. The van der Waals surface area contributed by atoms with Crippen LogP contribution in [0.4, 0.5) is 17.1 Å². The molecule has 0 amide bonds. The van der Waals surface area contributed by atoms with Crippen molar-refractivity contribution in [1.82, 2.24) is 0 Å². The van der Waals surface area contributed by atoms with Crippen molar-refractivity contribution >= 4 is 27.8 Å². The molecule has 2 aliphatic rings. The van der Waals surface area contributed by atoms with Gasteiger partial charge in [-0.3, -0.25) is 0 Å². The monoisotopic (exact) mass is 803 g/mol. The topological polar surface area (TPSA) is 3.24 Å². The summed E-state index contributed by atoms with van der Waals surface area (Å²) < 4.78 is 0. The first-order chi connectivity index (χ1) is 31.0. The van der Waals surface area contributed by atoms with Gasteiger partial charge >= 0.3 is 0 Å². The highest BCUT2D eigenvalue weighted by atomic mass is 15.1. The van der Waals surface area contributed by atoms with Gasteiger partial charge in [-0.1, -0.05) is 214 Å². The van der Waals surface area contributed by atoms with Crippen LogP contribution in [0.25, 0.3) is 55.3 Å². The Hall–Kier alpha value is -7.74. The van der Waals surface area contributed by atoms with E-state index in [1.54, 1.807) is 0 Å². The van der Waals surface area contributed by atoms with E-state index in [1.807, 2.05) is 0 Å². The molecule has 12 rings (SSSR count). The summed E-state index contributed by atoms with van der Waals surface area (Å²) in [4.78, 5) is 2.42. The predicted octanol–water partition coefficient (Wildman–Crippen LogP) is 16.3. The smallest absolute Gasteiger partial charge is 0.0719 e. The van der Waals surface area contributed by atoms with Crippen LogP contribution >= 0.6 is 0 Å². The fraction of sp³-hybridized carbons (Fsp3) is 0.0645. The van der Waals surface area contributed by atoms with E-state index in [-0.39, 0.29) is 5.41 Å². The first kappa shape index (κ1) is 37.1. The zero-order valence-corrected chi connectivity index (χ0v) is 35.5. The zero-order valence-electron chi connectivity index (χ0n) is 35.5. The molecule has 298 valence electrons. The number of fused-ring (bicyclic) bond motifs is 10. The second-order valence-corrected chi connectivity index (χ2v) is 17.6. The maximum absolute atomic E-state index is 2.52. The van der Waals surface area contributed by atoms with Gasteiger partial charge in [0.2, 0.25) is 0 Å². The highest BCUT2D eigenvalue weighted by Gasteiger charge is 2.53. The van der Waals surface area contributed by atoms with Gasteiger partial charge in [0.1, 0.15) is 0 Å². The average Bonchev–Trinajstić information content (AvgIpc) is 3.64. The van der Waals surface area contributed by atoms with E-state index in [0.717, 1.165) is 17.1 Å². The lowest BCUT2D eigenvalue weighted by Crippen LogP contribution is -2.40. The molecule has 0 bridgehead atoms. The number of nitrogens with zero attached hydrogens (tertiary/aromatic N) is 1. The molecule has 1 spiro atoms. The van der Waals surface area contributed by atoms with Crippen LogP contribution in [0.2, 0.25) is 0 Å². The van der Waals surface area contributed by atoms with Gasteiger partial charge in [0, 0.05) is 22.2 Å². The molecule has 1 heteroatoms. The molecule has 10 aromatic carbocycles. The van der Waals surface area contributed by atoms with Crippen LogP contribution in [0.1, 0.15) is 47.2 Å². The third kappa shape index (κ3) is 5.63. The van der Waals surface area contributed by atoms with Gasteiger partial charge < -0.3 is 4.90 Å². The Kier molecular flexibility index (Phi) is 8.49. The molecule has 0 N–H and O–H groups in total. The van der Waals surface area contributed by atoms with Crippen molar-refractivity contribution in [3.63, 3.8) is 0 Å². The van der Waals surface area contributed by atoms with Gasteiger partial charge in [-0.2, -0.15) is 0 Å². The molecule has 0 aliphatic heterocycles. The number of rotatable bonds is 6. The van der Waals surface area contributed by atoms with Crippen molar-refractivity contribution in [2.24, 2.45) is 0 Å². The van der Waals surface area contributed by atoms with Crippen LogP contribution in [0.15, 0.2) is 237 Å². The summed E-state index contributed by atoms with van der Waals surface area (Å²) in [6, 6.07) is 87.7. The summed E-state index contributed by atoms with van der Waals surface area (Å²) in [5, 5.41) is 2.42. The van der Waals surface area contributed by atoms with E-state index in [2.05, 4.69) is 255 Å². The van der Waals surface area contributed by atoms with Crippen molar-refractivity contribution in [2.75, 3.05) is 4.90 Å². The lowest BCUT2D eigenvalue weighted by Gasteiger charge is -2.46. The van der Waals surface area contributed by atoms with Crippen molar-refractivity contribution in [3.05, 3.63) is 270 Å². The maximum atomic E-state index is 2.52. The van der Waals surface area contributed by atoms with Gasteiger partial charge in [0.25, 0.3) is 0 Å². The van der Waals surface area contributed by atoms with Crippen LogP contribution in [-0.2, 0) is 10.8 Å². The van der Waals surface area contributed by atoms with E-state index >= 15 is 0 Å². The Morgan fingerprint density at radius 1 is 0.286 bits per heavy atom. The molecule has 1 nitrogen and oxygen atoms in total. The van der Waals surface area contributed by atoms with Gasteiger partial charge in [-0.05, 0) is 120 Å². The number of hydrogen-bond acceptors (Lipinski definition) is 1. The molecule has 63 heavy (non-hydrogen) atoms. The van der Waals surface area contributed by atoms with Crippen molar-refractivity contribution in [2.45, 2.75) is 24.7 Å². The van der Waals surface area contributed by atoms with Crippen molar-refractivity contribution < 1.29 is 0 Å². The minimum absolute atomic E-state index is 0.143. The molecule has 0 saturated heterocycles. The predicted molar refractivity (Wildman–Crippen MR) is 264 cm³/mol. The molecule has 2 aliphatic carbocycles. The van der Waals surface area contributed by atoms with Crippen LogP contribution in [0.3, 0.4) is 0 Å². The highest BCUT2D eigenvalue weighted by molar-refractivity contribution is 6.07. The van der Waals surface area contributed by atoms with E-state index < -0.39 is 5.41 Å². The lowest BCUT2D eigenvalue weighted by atomic mass is 9.55. The molecule has 0 atom stereocenters. The zero-order chi connectivity index (χ0) is 42.1. The summed E-state index contributed by atoms with van der Waals surface area (Å²) in [5.41, 5.74) is 20.9. The Balaban J connectivity index is 1.05. The summed E-state index contributed by atoms with van der Waals surface area (Å²) in [6.07, 6.45) is 0. The van der Waals surface area contributed by atoms with Gasteiger partial charge in [-0.15, -0.1) is 0 Å². The normalized spacial score (nSPS) is 13.8. The van der Waals surface area contributed by atoms with Crippen LogP contribution in [-0.4, -0.2) is 0 Å². The third-order valence-corrected chi connectivity index (χ3v) is 14.0. The second kappa shape index (κ2) is 14.4. The fourth-order valence-corrected chi connectivity index (χ4v) is 11.1. The number of hydrogen-bond donors (Lipinski definition) is 0. The highest BCUT2D eigenvalue weighted by Crippen LogP contribution is 2.62. The fourth-order valence-electron chi connectivity index (χ4n) is 11.1. The number of benzene rings is 10. The molecule has 0 saturated carbocycles. The molecule has 0 unspecified atom stereocenters. The Bertz CT molecular complexity index is 3210. The van der Waals surface area contributed by atoms with Gasteiger partial charge in [0.05, 0.1) is 11.1 Å². The molecule has 0 aromatic heterocycles. The minimum atomic E-state index is -0.449. The van der Waals surface area contributed by atoms with Gasteiger partial charge in [-0.25, -0.2) is 0 Å². The van der Waals surface area contributed by atoms with Crippen molar-refractivity contribution in [1.29, 1.82) is 0 Å². The Morgan fingerprint density at radius 2 is 0.698 bits per heavy atom. The molecular formula is C62H45N.